The summed E-state index contributed by atoms with van der Waals surface area (Å²) in [5.41, 5.74) is 0. The average Bonchev–Trinajstić information content (AvgIpc) is 2.54. The minimum Gasteiger partial charge on any atom is -0.453 e. The normalized spacial score (nSPS) is 13.2. The van der Waals surface area contributed by atoms with Crippen LogP contribution in [0.15, 0.2) is 21.2 Å². The van der Waals surface area contributed by atoms with Gasteiger partial charge in [-0.05, 0) is 47.4 Å². The second kappa shape index (κ2) is 5.45. The third-order valence-corrected chi connectivity index (χ3v) is 2.41. The lowest BCUT2D eigenvalue weighted by molar-refractivity contribution is 0.395. The maximum Gasteiger partial charge on any atom is 0.169 e. The van der Waals surface area contributed by atoms with Gasteiger partial charge < -0.3 is 9.73 Å². The fourth-order valence-corrected chi connectivity index (χ4v) is 1.60. The zero-order chi connectivity index (χ0) is 9.68. The van der Waals surface area contributed by atoms with E-state index in [-0.39, 0.29) is 0 Å². The number of nitrogens with one attached hydrogen (secondary N) is 1. The summed E-state index contributed by atoms with van der Waals surface area (Å²) in [4.78, 5) is 0. The zero-order valence-electron chi connectivity index (χ0n) is 8.14. The molecule has 1 aromatic heterocycles. The van der Waals surface area contributed by atoms with Crippen LogP contribution in [0.1, 0.15) is 38.5 Å². The minimum absolute atomic E-state index is 0.353. The lowest BCUT2D eigenvalue weighted by atomic mass is 10.1. The molecular weight excluding hydrogens is 230 g/mol. The lowest BCUT2D eigenvalue weighted by Gasteiger charge is -2.13. The standard InChI is InChI=1S/C10H16BrNO/c1-3-7-12-8(4-2)9-5-6-10(11)13-9/h5-6,8,12H,3-4,7H2,1-2H3. The number of rotatable bonds is 5. The van der Waals surface area contributed by atoms with E-state index in [1.807, 2.05) is 12.1 Å². The van der Waals surface area contributed by atoms with Gasteiger partial charge in [-0.15, -0.1) is 0 Å². The van der Waals surface area contributed by atoms with E-state index in [0.29, 0.717) is 6.04 Å². The van der Waals surface area contributed by atoms with Gasteiger partial charge in [-0.3, -0.25) is 0 Å². The van der Waals surface area contributed by atoms with Crippen LogP contribution >= 0.6 is 15.9 Å². The second-order valence-corrected chi connectivity index (χ2v) is 3.84. The molecule has 0 saturated carbocycles. The minimum atomic E-state index is 0.353. The van der Waals surface area contributed by atoms with Crippen molar-refractivity contribution < 1.29 is 4.42 Å². The first-order valence-electron chi connectivity index (χ1n) is 4.76. The molecule has 1 unspecified atom stereocenters. The summed E-state index contributed by atoms with van der Waals surface area (Å²) in [5, 5.41) is 3.43. The SMILES string of the molecule is CCCNC(CC)c1ccc(Br)o1. The van der Waals surface area contributed by atoms with Crippen LogP contribution in [0.5, 0.6) is 0 Å². The topological polar surface area (TPSA) is 25.2 Å². The summed E-state index contributed by atoms with van der Waals surface area (Å²) < 4.78 is 6.29. The van der Waals surface area contributed by atoms with Gasteiger partial charge in [0.2, 0.25) is 0 Å². The molecule has 13 heavy (non-hydrogen) atoms. The quantitative estimate of drug-likeness (QED) is 0.860. The molecule has 0 spiro atoms. The molecule has 1 atom stereocenters. The molecule has 2 nitrogen and oxygen atoms in total. The van der Waals surface area contributed by atoms with Crippen molar-refractivity contribution in [3.05, 3.63) is 22.6 Å². The Kier molecular flexibility index (Phi) is 4.53. The van der Waals surface area contributed by atoms with Crippen LogP contribution in [0.2, 0.25) is 0 Å². The predicted octanol–water partition coefficient (Wildman–Crippen LogP) is 3.49. The molecule has 1 aromatic rings. The summed E-state index contributed by atoms with van der Waals surface area (Å²) in [6.45, 7) is 5.36. The monoisotopic (exact) mass is 245 g/mol. The van der Waals surface area contributed by atoms with E-state index in [1.54, 1.807) is 0 Å². The average molecular weight is 246 g/mol. The van der Waals surface area contributed by atoms with Crippen molar-refractivity contribution in [1.29, 1.82) is 0 Å². The Hall–Kier alpha value is -0.280. The summed E-state index contributed by atoms with van der Waals surface area (Å²) in [6.07, 6.45) is 2.21. The van der Waals surface area contributed by atoms with E-state index >= 15 is 0 Å². The molecule has 74 valence electrons. The van der Waals surface area contributed by atoms with Gasteiger partial charge in [-0.1, -0.05) is 13.8 Å². The summed E-state index contributed by atoms with van der Waals surface area (Å²) in [7, 11) is 0. The van der Waals surface area contributed by atoms with Crippen molar-refractivity contribution in [3.8, 4) is 0 Å². The van der Waals surface area contributed by atoms with Gasteiger partial charge in [0.15, 0.2) is 4.67 Å². The van der Waals surface area contributed by atoms with Gasteiger partial charge >= 0.3 is 0 Å². The third kappa shape index (κ3) is 3.16. The summed E-state index contributed by atoms with van der Waals surface area (Å²) >= 11 is 3.30. The summed E-state index contributed by atoms with van der Waals surface area (Å²) in [6, 6.07) is 4.30. The molecule has 0 radical (unpaired) electrons. The maximum atomic E-state index is 5.49. The molecule has 0 aliphatic carbocycles. The molecule has 0 saturated heterocycles. The van der Waals surface area contributed by atoms with Gasteiger partial charge in [0, 0.05) is 0 Å². The second-order valence-electron chi connectivity index (χ2n) is 3.06. The molecule has 0 amide bonds. The third-order valence-electron chi connectivity index (χ3n) is 1.99. The molecule has 0 aromatic carbocycles. The molecule has 3 heteroatoms. The Morgan fingerprint density at radius 3 is 2.69 bits per heavy atom. The lowest BCUT2D eigenvalue weighted by Crippen LogP contribution is -2.20. The Bertz CT molecular complexity index is 247. The number of hydrogen-bond donors (Lipinski definition) is 1. The molecule has 1 heterocycles. The van der Waals surface area contributed by atoms with Crippen LogP contribution < -0.4 is 5.32 Å². The Labute approximate surface area is 87.8 Å². The number of furan rings is 1. The molecule has 1 N–H and O–H groups in total. The maximum absolute atomic E-state index is 5.49. The number of hydrogen-bond acceptors (Lipinski definition) is 2. The van der Waals surface area contributed by atoms with Gasteiger partial charge in [-0.25, -0.2) is 0 Å². The Morgan fingerprint density at radius 1 is 1.46 bits per heavy atom. The van der Waals surface area contributed by atoms with Crippen LogP contribution in [0.3, 0.4) is 0 Å². The van der Waals surface area contributed by atoms with Crippen molar-refractivity contribution in [2.75, 3.05) is 6.54 Å². The van der Waals surface area contributed by atoms with E-state index in [9.17, 15) is 0 Å². The van der Waals surface area contributed by atoms with Gasteiger partial charge in [0.25, 0.3) is 0 Å². The van der Waals surface area contributed by atoms with Crippen molar-refractivity contribution >= 4 is 15.9 Å². The fraction of sp³-hybridized carbons (Fsp3) is 0.600. The first kappa shape index (κ1) is 10.8. The molecular formula is C10H16BrNO. The van der Waals surface area contributed by atoms with E-state index in [4.69, 9.17) is 4.42 Å². The molecule has 0 fully saturated rings. The van der Waals surface area contributed by atoms with Crippen LogP contribution in [0, 0.1) is 0 Å². The van der Waals surface area contributed by atoms with E-state index in [2.05, 4.69) is 35.1 Å². The van der Waals surface area contributed by atoms with Gasteiger partial charge in [-0.2, -0.15) is 0 Å². The van der Waals surface area contributed by atoms with Crippen LogP contribution in [-0.4, -0.2) is 6.54 Å². The number of halogens is 1. The van der Waals surface area contributed by atoms with E-state index in [1.165, 1.54) is 0 Å². The first-order valence-corrected chi connectivity index (χ1v) is 5.55. The highest BCUT2D eigenvalue weighted by Gasteiger charge is 2.11. The smallest absolute Gasteiger partial charge is 0.169 e. The summed E-state index contributed by atoms with van der Waals surface area (Å²) in [5.74, 6) is 1.02. The van der Waals surface area contributed by atoms with Crippen molar-refractivity contribution in [2.24, 2.45) is 0 Å². The fourth-order valence-electron chi connectivity index (χ4n) is 1.28. The zero-order valence-corrected chi connectivity index (χ0v) is 9.73. The predicted molar refractivity (Wildman–Crippen MR) is 57.7 cm³/mol. The molecule has 0 bridgehead atoms. The van der Waals surface area contributed by atoms with E-state index < -0.39 is 0 Å². The largest absolute Gasteiger partial charge is 0.453 e. The van der Waals surface area contributed by atoms with Crippen molar-refractivity contribution in [2.45, 2.75) is 32.7 Å². The van der Waals surface area contributed by atoms with E-state index in [0.717, 1.165) is 29.8 Å². The van der Waals surface area contributed by atoms with Gasteiger partial charge in [0.05, 0.1) is 6.04 Å². The first-order chi connectivity index (χ1) is 6.27. The molecule has 0 aliphatic rings. The highest BCUT2D eigenvalue weighted by Crippen LogP contribution is 2.22. The Balaban J connectivity index is 2.56. The Morgan fingerprint density at radius 2 is 2.23 bits per heavy atom. The van der Waals surface area contributed by atoms with Gasteiger partial charge in [0.1, 0.15) is 5.76 Å². The highest BCUT2D eigenvalue weighted by molar-refractivity contribution is 9.10. The van der Waals surface area contributed by atoms with Crippen LogP contribution in [-0.2, 0) is 0 Å². The van der Waals surface area contributed by atoms with Crippen LogP contribution in [0.4, 0.5) is 0 Å². The highest BCUT2D eigenvalue weighted by atomic mass is 79.9. The van der Waals surface area contributed by atoms with Crippen LogP contribution in [0.25, 0.3) is 0 Å². The molecule has 1 rings (SSSR count). The van der Waals surface area contributed by atoms with Crippen molar-refractivity contribution in [3.63, 3.8) is 0 Å². The molecule has 0 aliphatic heterocycles. The van der Waals surface area contributed by atoms with Crippen molar-refractivity contribution in [1.82, 2.24) is 5.32 Å².